The average Bonchev–Trinajstić information content (AvgIpc) is 2.80. The van der Waals surface area contributed by atoms with E-state index in [1.54, 1.807) is 24.3 Å². The maximum atomic E-state index is 12.8. The average molecular weight is 498 g/mol. The van der Waals surface area contributed by atoms with Crippen LogP contribution in [0.2, 0.25) is 10.0 Å². The molecule has 0 saturated carbocycles. The number of anilines is 1. The summed E-state index contributed by atoms with van der Waals surface area (Å²) in [5.74, 6) is -0.533. The quantitative estimate of drug-likeness (QED) is 0.521. The Hall–Kier alpha value is -2.72. The molecule has 1 amide bonds. The van der Waals surface area contributed by atoms with Gasteiger partial charge in [0.05, 0.1) is 28.3 Å². The Morgan fingerprint density at radius 1 is 1.18 bits per heavy atom. The molecule has 0 fully saturated rings. The molecule has 33 heavy (non-hydrogen) atoms. The van der Waals surface area contributed by atoms with Crippen molar-refractivity contribution in [3.05, 3.63) is 85.5 Å². The van der Waals surface area contributed by atoms with Gasteiger partial charge in [0.1, 0.15) is 0 Å². The van der Waals surface area contributed by atoms with Crippen molar-refractivity contribution in [3.8, 4) is 6.07 Å². The number of dihydropyridines is 1. The van der Waals surface area contributed by atoms with E-state index in [9.17, 15) is 14.9 Å². The van der Waals surface area contributed by atoms with Crippen molar-refractivity contribution in [2.75, 3.05) is 11.1 Å². The molecular formula is C25H21Cl2N3O2S. The molecule has 0 unspecified atom stereocenters. The Labute approximate surface area is 206 Å². The van der Waals surface area contributed by atoms with Crippen LogP contribution in [0.4, 0.5) is 5.69 Å². The third-order valence-corrected chi connectivity index (χ3v) is 7.19. The van der Waals surface area contributed by atoms with Gasteiger partial charge in [0.15, 0.2) is 5.78 Å². The number of halogens is 2. The van der Waals surface area contributed by atoms with Gasteiger partial charge in [-0.15, -0.1) is 0 Å². The molecule has 2 aromatic rings. The number of benzene rings is 2. The first-order valence-corrected chi connectivity index (χ1v) is 12.2. The third-order valence-electron chi connectivity index (χ3n) is 5.69. The van der Waals surface area contributed by atoms with Gasteiger partial charge in [-0.1, -0.05) is 53.2 Å². The number of hydrogen-bond acceptors (Lipinski definition) is 5. The van der Waals surface area contributed by atoms with Crippen LogP contribution in [0.3, 0.4) is 0 Å². The van der Waals surface area contributed by atoms with Gasteiger partial charge in [0, 0.05) is 33.4 Å². The molecule has 4 rings (SSSR count). The maximum absolute atomic E-state index is 12.8. The van der Waals surface area contributed by atoms with Crippen LogP contribution in [0.15, 0.2) is 64.3 Å². The first kappa shape index (κ1) is 23.4. The number of amides is 1. The summed E-state index contributed by atoms with van der Waals surface area (Å²) in [6.07, 6.45) is 1.95. The molecule has 2 aromatic carbocycles. The highest BCUT2D eigenvalue weighted by Crippen LogP contribution is 2.44. The lowest BCUT2D eigenvalue weighted by Crippen LogP contribution is -2.31. The third kappa shape index (κ3) is 5.11. The van der Waals surface area contributed by atoms with Gasteiger partial charge in [0.25, 0.3) is 0 Å². The molecule has 0 spiro atoms. The lowest BCUT2D eigenvalue weighted by atomic mass is 9.77. The molecule has 1 heterocycles. The van der Waals surface area contributed by atoms with E-state index in [2.05, 4.69) is 16.7 Å². The highest BCUT2D eigenvalue weighted by Gasteiger charge is 2.37. The van der Waals surface area contributed by atoms with Crippen LogP contribution < -0.4 is 10.6 Å². The van der Waals surface area contributed by atoms with Crippen molar-refractivity contribution in [1.82, 2.24) is 5.32 Å². The number of carbonyl (C=O) groups is 2. The SMILES string of the molecule is Cc1ccc(Cl)cc1NC(=O)CSC1=C(C#N)[C@H](c2ccc(Cl)cc2)C2=C(CCCC2=O)N1. The van der Waals surface area contributed by atoms with E-state index in [1.807, 2.05) is 25.1 Å². The van der Waals surface area contributed by atoms with Crippen LogP contribution in [0.25, 0.3) is 0 Å². The molecule has 0 bridgehead atoms. The second-order valence-electron chi connectivity index (χ2n) is 7.93. The molecule has 1 aliphatic carbocycles. The zero-order chi connectivity index (χ0) is 23.5. The zero-order valence-corrected chi connectivity index (χ0v) is 20.2. The molecule has 2 aliphatic rings. The second-order valence-corrected chi connectivity index (χ2v) is 9.79. The monoisotopic (exact) mass is 497 g/mol. The summed E-state index contributed by atoms with van der Waals surface area (Å²) in [5, 5.41) is 17.9. The summed E-state index contributed by atoms with van der Waals surface area (Å²) in [7, 11) is 0. The number of nitriles is 1. The predicted octanol–water partition coefficient (Wildman–Crippen LogP) is 6.10. The van der Waals surface area contributed by atoms with E-state index >= 15 is 0 Å². The number of ketones is 1. The molecule has 8 heteroatoms. The molecule has 0 radical (unpaired) electrons. The van der Waals surface area contributed by atoms with Crippen molar-refractivity contribution in [1.29, 1.82) is 5.26 Å². The summed E-state index contributed by atoms with van der Waals surface area (Å²) in [6, 6.07) is 14.8. The predicted molar refractivity (Wildman–Crippen MR) is 133 cm³/mol. The topological polar surface area (TPSA) is 82.0 Å². The van der Waals surface area contributed by atoms with Crippen molar-refractivity contribution in [3.63, 3.8) is 0 Å². The van der Waals surface area contributed by atoms with Crippen molar-refractivity contribution in [2.24, 2.45) is 0 Å². The van der Waals surface area contributed by atoms with Crippen LogP contribution >= 0.6 is 35.0 Å². The van der Waals surface area contributed by atoms with E-state index < -0.39 is 5.92 Å². The minimum absolute atomic E-state index is 0.0506. The van der Waals surface area contributed by atoms with Crippen LogP contribution in [0.1, 0.15) is 36.3 Å². The van der Waals surface area contributed by atoms with Gasteiger partial charge in [-0.25, -0.2) is 0 Å². The fraction of sp³-hybridized carbons (Fsp3) is 0.240. The van der Waals surface area contributed by atoms with Crippen LogP contribution in [-0.4, -0.2) is 17.4 Å². The minimum Gasteiger partial charge on any atom is -0.352 e. The first-order chi connectivity index (χ1) is 15.9. The zero-order valence-electron chi connectivity index (χ0n) is 17.9. The van der Waals surface area contributed by atoms with Gasteiger partial charge in [0.2, 0.25) is 5.91 Å². The number of nitrogens with one attached hydrogen (secondary N) is 2. The van der Waals surface area contributed by atoms with Crippen molar-refractivity contribution < 1.29 is 9.59 Å². The van der Waals surface area contributed by atoms with Crippen molar-refractivity contribution in [2.45, 2.75) is 32.1 Å². The Bertz CT molecular complexity index is 1230. The molecule has 1 atom stereocenters. The van der Waals surface area contributed by atoms with E-state index in [0.717, 1.165) is 29.7 Å². The molecule has 168 valence electrons. The molecule has 0 aromatic heterocycles. The van der Waals surface area contributed by atoms with Crippen LogP contribution in [-0.2, 0) is 9.59 Å². The molecule has 0 saturated heterocycles. The maximum Gasteiger partial charge on any atom is 0.234 e. The lowest BCUT2D eigenvalue weighted by molar-refractivity contribution is -0.116. The summed E-state index contributed by atoms with van der Waals surface area (Å²) in [6.45, 7) is 1.89. The molecule has 2 N–H and O–H groups in total. The normalized spacial score (nSPS) is 17.9. The summed E-state index contributed by atoms with van der Waals surface area (Å²) in [5.41, 5.74) is 4.30. The number of carbonyl (C=O) groups excluding carboxylic acids is 2. The number of thioether (sulfide) groups is 1. The van der Waals surface area contributed by atoms with Gasteiger partial charge in [-0.2, -0.15) is 5.26 Å². The van der Waals surface area contributed by atoms with Crippen LogP contribution in [0.5, 0.6) is 0 Å². The van der Waals surface area contributed by atoms with E-state index in [1.165, 1.54) is 11.8 Å². The Balaban J connectivity index is 1.61. The number of allylic oxidation sites excluding steroid dienone is 3. The van der Waals surface area contributed by atoms with E-state index in [0.29, 0.717) is 38.3 Å². The van der Waals surface area contributed by atoms with Crippen molar-refractivity contribution >= 4 is 52.3 Å². The molecule has 1 aliphatic heterocycles. The Morgan fingerprint density at radius 3 is 2.64 bits per heavy atom. The fourth-order valence-corrected chi connectivity index (χ4v) is 5.24. The summed E-state index contributed by atoms with van der Waals surface area (Å²) in [4.78, 5) is 25.5. The summed E-state index contributed by atoms with van der Waals surface area (Å²) >= 11 is 13.4. The fourth-order valence-electron chi connectivity index (χ4n) is 4.08. The van der Waals surface area contributed by atoms with Gasteiger partial charge < -0.3 is 10.6 Å². The first-order valence-electron chi connectivity index (χ1n) is 10.5. The van der Waals surface area contributed by atoms with E-state index in [-0.39, 0.29) is 17.4 Å². The number of hydrogen-bond donors (Lipinski definition) is 2. The largest absolute Gasteiger partial charge is 0.352 e. The van der Waals surface area contributed by atoms with Gasteiger partial charge in [-0.05, 0) is 55.2 Å². The lowest BCUT2D eigenvalue weighted by Gasteiger charge is -2.33. The number of Topliss-reactive ketones (excluding diaryl/α,β-unsaturated/α-hetero) is 1. The highest BCUT2D eigenvalue weighted by atomic mass is 35.5. The number of nitrogens with zero attached hydrogens (tertiary/aromatic N) is 1. The number of rotatable bonds is 5. The Kier molecular flexibility index (Phi) is 7.14. The standard InChI is InChI=1S/C25H21Cl2N3O2S/c1-14-5-8-17(27)11-20(14)29-22(32)13-33-25-18(12-28)23(15-6-9-16(26)10-7-15)24-19(30-25)3-2-4-21(24)31/h5-11,23,30H,2-4,13H2,1H3,(H,29,32)/t23-/m0/s1. The molecular weight excluding hydrogens is 477 g/mol. The van der Waals surface area contributed by atoms with Gasteiger partial charge in [-0.3, -0.25) is 9.59 Å². The highest BCUT2D eigenvalue weighted by molar-refractivity contribution is 8.03. The minimum atomic E-state index is -0.475. The van der Waals surface area contributed by atoms with Crippen LogP contribution in [0, 0.1) is 18.3 Å². The summed E-state index contributed by atoms with van der Waals surface area (Å²) < 4.78 is 0. The van der Waals surface area contributed by atoms with Gasteiger partial charge >= 0.3 is 0 Å². The number of aryl methyl sites for hydroxylation is 1. The second kappa shape index (κ2) is 10.0. The Morgan fingerprint density at radius 2 is 1.91 bits per heavy atom. The molecule has 5 nitrogen and oxygen atoms in total. The van der Waals surface area contributed by atoms with E-state index in [4.69, 9.17) is 23.2 Å². The smallest absolute Gasteiger partial charge is 0.234 e.